The molecule has 0 heterocycles. The average molecular weight is 270 g/mol. The fourth-order valence-corrected chi connectivity index (χ4v) is 1.98. The van der Waals surface area contributed by atoms with Crippen molar-refractivity contribution < 1.29 is 14.6 Å². The second-order valence-electron chi connectivity index (χ2n) is 4.75. The largest absolute Gasteiger partial charge is 0.478 e. The Morgan fingerprint density at radius 2 is 1.90 bits per heavy atom. The molecular weight excluding hydrogens is 252 g/mol. The summed E-state index contributed by atoms with van der Waals surface area (Å²) in [6.45, 7) is 4.01. The van der Waals surface area contributed by atoms with E-state index in [1.165, 1.54) is 0 Å². The minimum absolute atomic E-state index is 0.581. The third-order valence-electron chi connectivity index (χ3n) is 3.17. The summed E-state index contributed by atoms with van der Waals surface area (Å²) < 4.78 is 5.64. The lowest BCUT2D eigenvalue weighted by atomic mass is 10.1. The van der Waals surface area contributed by atoms with Crippen molar-refractivity contribution in [3.05, 3.63) is 65.2 Å². The van der Waals surface area contributed by atoms with Gasteiger partial charge in [-0.2, -0.15) is 0 Å². The van der Waals surface area contributed by atoms with Gasteiger partial charge in [-0.25, -0.2) is 4.79 Å². The lowest BCUT2D eigenvalue weighted by Crippen LogP contribution is -2.18. The summed E-state index contributed by atoms with van der Waals surface area (Å²) >= 11 is 0. The fourth-order valence-electron chi connectivity index (χ4n) is 1.98. The molecule has 1 atom stereocenters. The van der Waals surface area contributed by atoms with E-state index in [9.17, 15) is 9.90 Å². The monoisotopic (exact) mass is 270 g/mol. The summed E-state index contributed by atoms with van der Waals surface area (Å²) in [6, 6.07) is 14.9. The van der Waals surface area contributed by atoms with Crippen molar-refractivity contribution in [1.29, 1.82) is 0 Å². The Morgan fingerprint density at radius 3 is 2.50 bits per heavy atom. The summed E-state index contributed by atoms with van der Waals surface area (Å²) in [7, 11) is 0. The molecule has 0 spiro atoms. The van der Waals surface area contributed by atoms with Gasteiger partial charge in [-0.3, -0.25) is 0 Å². The Hall–Kier alpha value is -2.29. The van der Waals surface area contributed by atoms with Gasteiger partial charge in [0.05, 0.1) is 0 Å². The van der Waals surface area contributed by atoms with E-state index >= 15 is 0 Å². The first-order chi connectivity index (χ1) is 9.60. The second-order valence-corrected chi connectivity index (χ2v) is 4.75. The zero-order chi connectivity index (χ0) is 14.5. The van der Waals surface area contributed by atoms with Crippen LogP contribution in [0, 0.1) is 6.92 Å². The SMILES string of the molecule is CCc1cccc(OC(C(=O)O)c2ccc(C)cc2)c1. The zero-order valence-corrected chi connectivity index (χ0v) is 11.7. The Kier molecular flexibility index (Phi) is 4.41. The van der Waals surface area contributed by atoms with Gasteiger partial charge in [-0.1, -0.05) is 48.9 Å². The first kappa shape index (κ1) is 14.1. The van der Waals surface area contributed by atoms with E-state index in [0.29, 0.717) is 11.3 Å². The first-order valence-electron chi connectivity index (χ1n) is 6.65. The maximum atomic E-state index is 11.4. The van der Waals surface area contributed by atoms with Crippen LogP contribution in [-0.4, -0.2) is 11.1 Å². The maximum absolute atomic E-state index is 11.4. The lowest BCUT2D eigenvalue weighted by Gasteiger charge is -2.16. The van der Waals surface area contributed by atoms with Crippen LogP contribution in [0.1, 0.15) is 29.7 Å². The highest BCUT2D eigenvalue weighted by atomic mass is 16.5. The van der Waals surface area contributed by atoms with Gasteiger partial charge in [0.25, 0.3) is 0 Å². The number of carbonyl (C=O) groups is 1. The lowest BCUT2D eigenvalue weighted by molar-refractivity contribution is -0.145. The van der Waals surface area contributed by atoms with Crippen LogP contribution in [0.4, 0.5) is 0 Å². The quantitative estimate of drug-likeness (QED) is 0.899. The van der Waals surface area contributed by atoms with Crippen molar-refractivity contribution >= 4 is 5.97 Å². The van der Waals surface area contributed by atoms with Crippen LogP contribution in [-0.2, 0) is 11.2 Å². The number of rotatable bonds is 5. The van der Waals surface area contributed by atoms with Gasteiger partial charge < -0.3 is 9.84 Å². The number of hydrogen-bond donors (Lipinski definition) is 1. The van der Waals surface area contributed by atoms with Gasteiger partial charge in [0.2, 0.25) is 6.10 Å². The van der Waals surface area contributed by atoms with E-state index in [1.807, 2.05) is 44.2 Å². The summed E-state index contributed by atoms with van der Waals surface area (Å²) in [6.07, 6.45) is -0.0952. The molecule has 0 radical (unpaired) electrons. The van der Waals surface area contributed by atoms with Gasteiger partial charge in [0.15, 0.2) is 0 Å². The number of carboxylic acids is 1. The van der Waals surface area contributed by atoms with Crippen molar-refractivity contribution in [3.8, 4) is 5.75 Å². The van der Waals surface area contributed by atoms with E-state index in [-0.39, 0.29) is 0 Å². The highest BCUT2D eigenvalue weighted by Gasteiger charge is 2.21. The van der Waals surface area contributed by atoms with Crippen molar-refractivity contribution in [2.75, 3.05) is 0 Å². The summed E-state index contributed by atoms with van der Waals surface area (Å²) in [5, 5.41) is 9.36. The van der Waals surface area contributed by atoms with Gasteiger partial charge >= 0.3 is 5.97 Å². The van der Waals surface area contributed by atoms with Crippen LogP contribution in [0.25, 0.3) is 0 Å². The molecule has 0 saturated carbocycles. The van der Waals surface area contributed by atoms with E-state index in [1.54, 1.807) is 18.2 Å². The van der Waals surface area contributed by atoms with Crippen LogP contribution in [0.5, 0.6) is 5.75 Å². The molecule has 0 saturated heterocycles. The molecule has 2 aromatic rings. The van der Waals surface area contributed by atoms with Gasteiger partial charge in [-0.15, -0.1) is 0 Å². The summed E-state index contributed by atoms with van der Waals surface area (Å²) in [4.78, 5) is 11.4. The average Bonchev–Trinajstić information content (AvgIpc) is 2.46. The minimum Gasteiger partial charge on any atom is -0.478 e. The number of ether oxygens (including phenoxy) is 1. The van der Waals surface area contributed by atoms with Crippen LogP contribution < -0.4 is 4.74 Å². The smallest absolute Gasteiger partial charge is 0.349 e. The Balaban J connectivity index is 2.25. The van der Waals surface area contributed by atoms with E-state index in [2.05, 4.69) is 0 Å². The van der Waals surface area contributed by atoms with Crippen LogP contribution in [0.2, 0.25) is 0 Å². The predicted octanol–water partition coefficient (Wildman–Crippen LogP) is 3.76. The van der Waals surface area contributed by atoms with Gasteiger partial charge in [0, 0.05) is 5.56 Å². The van der Waals surface area contributed by atoms with Crippen LogP contribution in [0.15, 0.2) is 48.5 Å². The maximum Gasteiger partial charge on any atom is 0.349 e. The van der Waals surface area contributed by atoms with Crippen molar-refractivity contribution in [2.24, 2.45) is 0 Å². The molecule has 0 bridgehead atoms. The normalized spacial score (nSPS) is 11.9. The number of carboxylic acid groups (broad SMARTS) is 1. The van der Waals surface area contributed by atoms with Gasteiger partial charge in [0.1, 0.15) is 5.75 Å². The van der Waals surface area contributed by atoms with Crippen molar-refractivity contribution in [2.45, 2.75) is 26.4 Å². The Labute approximate surface area is 118 Å². The molecule has 0 fully saturated rings. The molecule has 0 amide bonds. The molecule has 2 aromatic carbocycles. The molecule has 3 heteroatoms. The fraction of sp³-hybridized carbons (Fsp3) is 0.235. The van der Waals surface area contributed by atoms with Crippen LogP contribution in [0.3, 0.4) is 0 Å². The van der Waals surface area contributed by atoms with Crippen molar-refractivity contribution in [3.63, 3.8) is 0 Å². The zero-order valence-electron chi connectivity index (χ0n) is 11.7. The molecule has 2 rings (SSSR count). The molecule has 3 nitrogen and oxygen atoms in total. The molecule has 104 valence electrons. The first-order valence-corrected chi connectivity index (χ1v) is 6.65. The van der Waals surface area contributed by atoms with E-state index in [0.717, 1.165) is 17.5 Å². The van der Waals surface area contributed by atoms with Crippen LogP contribution >= 0.6 is 0 Å². The topological polar surface area (TPSA) is 46.5 Å². The van der Waals surface area contributed by atoms with Crippen molar-refractivity contribution in [1.82, 2.24) is 0 Å². The predicted molar refractivity (Wildman–Crippen MR) is 78.0 cm³/mol. The molecule has 20 heavy (non-hydrogen) atoms. The number of aliphatic carboxylic acids is 1. The third-order valence-corrected chi connectivity index (χ3v) is 3.17. The molecule has 0 aromatic heterocycles. The van der Waals surface area contributed by atoms with E-state index in [4.69, 9.17) is 4.74 Å². The summed E-state index contributed by atoms with van der Waals surface area (Å²) in [5.41, 5.74) is 2.85. The highest BCUT2D eigenvalue weighted by molar-refractivity contribution is 5.74. The molecule has 0 aliphatic carbocycles. The number of benzene rings is 2. The highest BCUT2D eigenvalue weighted by Crippen LogP contribution is 2.23. The molecule has 1 N–H and O–H groups in total. The minimum atomic E-state index is -0.990. The standard InChI is InChI=1S/C17H18O3/c1-3-13-5-4-6-15(11-13)20-16(17(18)19)14-9-7-12(2)8-10-14/h4-11,16H,3H2,1-2H3,(H,18,19). The summed E-state index contributed by atoms with van der Waals surface area (Å²) in [5.74, 6) is -0.409. The Bertz CT molecular complexity index is 587. The van der Waals surface area contributed by atoms with Gasteiger partial charge in [-0.05, 0) is 31.0 Å². The third kappa shape index (κ3) is 3.38. The molecule has 0 aliphatic rings. The molecular formula is C17H18O3. The number of hydrogen-bond acceptors (Lipinski definition) is 2. The Morgan fingerprint density at radius 1 is 1.20 bits per heavy atom. The molecule has 1 unspecified atom stereocenters. The second kappa shape index (κ2) is 6.24. The number of aryl methyl sites for hydroxylation is 2. The van der Waals surface area contributed by atoms with E-state index < -0.39 is 12.1 Å². The molecule has 0 aliphatic heterocycles.